The Labute approximate surface area is 174 Å². The van der Waals surface area contributed by atoms with E-state index in [2.05, 4.69) is 20.8 Å². The van der Waals surface area contributed by atoms with Gasteiger partial charge in [-0.1, -0.05) is 36.4 Å². The fraction of sp³-hybridized carbons (Fsp3) is 0.273. The van der Waals surface area contributed by atoms with Crippen LogP contribution < -0.4 is 10.6 Å². The maximum absolute atomic E-state index is 12.7. The summed E-state index contributed by atoms with van der Waals surface area (Å²) in [6, 6.07) is 15.0. The van der Waals surface area contributed by atoms with E-state index in [-0.39, 0.29) is 0 Å². The second kappa shape index (κ2) is 9.21. The van der Waals surface area contributed by atoms with E-state index in [4.69, 9.17) is 9.15 Å². The summed E-state index contributed by atoms with van der Waals surface area (Å²) in [5.74, 6) is -0.157. The van der Waals surface area contributed by atoms with Crippen LogP contribution in [-0.4, -0.2) is 33.8 Å². The first-order valence-corrected chi connectivity index (χ1v) is 9.51. The molecule has 1 aromatic heterocycles. The Morgan fingerprint density at radius 3 is 2.53 bits per heavy atom. The maximum Gasteiger partial charge on any atom is 0.329 e. The van der Waals surface area contributed by atoms with Gasteiger partial charge in [0.2, 0.25) is 12.3 Å². The van der Waals surface area contributed by atoms with Gasteiger partial charge < -0.3 is 19.8 Å². The molecule has 0 spiro atoms. The van der Waals surface area contributed by atoms with E-state index in [0.29, 0.717) is 23.6 Å². The molecule has 30 heavy (non-hydrogen) atoms. The Hall–Kier alpha value is -3.68. The average molecular weight is 408 g/mol. The van der Waals surface area contributed by atoms with Gasteiger partial charge in [0.25, 0.3) is 0 Å². The summed E-state index contributed by atoms with van der Waals surface area (Å²) in [7, 11) is 0. The van der Waals surface area contributed by atoms with Crippen LogP contribution in [0.5, 0.6) is 0 Å². The molecule has 0 bridgehead atoms. The highest BCUT2D eigenvalue weighted by Crippen LogP contribution is 2.20. The molecule has 0 aliphatic heterocycles. The van der Waals surface area contributed by atoms with Gasteiger partial charge in [0.15, 0.2) is 0 Å². The molecule has 2 aromatic carbocycles. The average Bonchev–Trinajstić information content (AvgIpc) is 3.22. The van der Waals surface area contributed by atoms with Crippen molar-refractivity contribution in [2.24, 2.45) is 0 Å². The summed E-state index contributed by atoms with van der Waals surface area (Å²) in [4.78, 5) is 25.3. The first-order valence-electron chi connectivity index (χ1n) is 9.51. The fourth-order valence-corrected chi connectivity index (χ4v) is 2.77. The van der Waals surface area contributed by atoms with Crippen molar-refractivity contribution in [2.45, 2.75) is 38.8 Å². The van der Waals surface area contributed by atoms with E-state index in [1.807, 2.05) is 30.3 Å². The SMILES string of the molecule is CC(C)(C)OC(=O)[C@@H](Cc1ccccc1)NC(=O)Nc1cccc(-c2nnco2)c1. The highest BCUT2D eigenvalue weighted by atomic mass is 16.6. The minimum absolute atomic E-state index is 0.311. The van der Waals surface area contributed by atoms with Crippen molar-refractivity contribution >= 4 is 17.7 Å². The fourth-order valence-electron chi connectivity index (χ4n) is 2.77. The number of ether oxygens (including phenoxy) is 1. The molecular formula is C22H24N4O4. The zero-order valence-corrected chi connectivity index (χ0v) is 17.1. The lowest BCUT2D eigenvalue weighted by Crippen LogP contribution is -2.47. The molecule has 8 heteroatoms. The minimum atomic E-state index is -0.842. The monoisotopic (exact) mass is 408 g/mol. The molecule has 1 atom stereocenters. The van der Waals surface area contributed by atoms with Crippen molar-refractivity contribution in [3.63, 3.8) is 0 Å². The van der Waals surface area contributed by atoms with Crippen LogP contribution in [0.1, 0.15) is 26.3 Å². The topological polar surface area (TPSA) is 106 Å². The molecule has 3 rings (SSSR count). The summed E-state index contributed by atoms with van der Waals surface area (Å²) in [6.07, 6.45) is 1.54. The van der Waals surface area contributed by atoms with Crippen LogP contribution in [-0.2, 0) is 16.0 Å². The molecule has 156 valence electrons. The number of carbonyl (C=O) groups excluding carboxylic acids is 2. The van der Waals surface area contributed by atoms with Crippen molar-refractivity contribution < 1.29 is 18.7 Å². The Bertz CT molecular complexity index is 982. The molecular weight excluding hydrogens is 384 g/mol. The van der Waals surface area contributed by atoms with Crippen molar-refractivity contribution in [3.8, 4) is 11.5 Å². The van der Waals surface area contributed by atoms with E-state index in [0.717, 1.165) is 5.56 Å². The number of hydrogen-bond donors (Lipinski definition) is 2. The van der Waals surface area contributed by atoms with Gasteiger partial charge in [0, 0.05) is 17.7 Å². The molecule has 0 unspecified atom stereocenters. The summed E-state index contributed by atoms with van der Waals surface area (Å²) in [6.45, 7) is 5.36. The number of urea groups is 1. The molecule has 0 aliphatic carbocycles. The van der Waals surface area contributed by atoms with Crippen LogP contribution in [0.15, 0.2) is 65.4 Å². The van der Waals surface area contributed by atoms with Crippen molar-refractivity contribution in [3.05, 3.63) is 66.6 Å². The lowest BCUT2D eigenvalue weighted by molar-refractivity contribution is -0.157. The molecule has 8 nitrogen and oxygen atoms in total. The minimum Gasteiger partial charge on any atom is -0.458 e. The number of carbonyl (C=O) groups is 2. The highest BCUT2D eigenvalue weighted by molar-refractivity contribution is 5.93. The molecule has 3 aromatic rings. The predicted molar refractivity (Wildman–Crippen MR) is 112 cm³/mol. The quantitative estimate of drug-likeness (QED) is 0.601. The second-order valence-electron chi connectivity index (χ2n) is 7.70. The zero-order chi connectivity index (χ0) is 21.6. The molecule has 0 aliphatic rings. The first-order chi connectivity index (χ1) is 14.3. The summed E-state index contributed by atoms with van der Waals surface area (Å²) in [5, 5.41) is 12.9. The number of nitrogens with zero attached hydrogens (tertiary/aromatic N) is 2. The van der Waals surface area contributed by atoms with E-state index in [1.54, 1.807) is 45.0 Å². The Kier molecular flexibility index (Phi) is 6.46. The lowest BCUT2D eigenvalue weighted by Gasteiger charge is -2.24. The summed E-state index contributed by atoms with van der Waals surface area (Å²) < 4.78 is 10.7. The van der Waals surface area contributed by atoms with Gasteiger partial charge >= 0.3 is 12.0 Å². The zero-order valence-electron chi connectivity index (χ0n) is 17.1. The van der Waals surface area contributed by atoms with Crippen LogP contribution in [0.4, 0.5) is 10.5 Å². The van der Waals surface area contributed by atoms with Crippen molar-refractivity contribution in [2.75, 3.05) is 5.32 Å². The normalized spacial score (nSPS) is 12.1. The number of hydrogen-bond acceptors (Lipinski definition) is 6. The molecule has 0 fully saturated rings. The van der Waals surface area contributed by atoms with E-state index in [9.17, 15) is 9.59 Å². The van der Waals surface area contributed by atoms with Gasteiger partial charge in [0.05, 0.1) is 0 Å². The van der Waals surface area contributed by atoms with Gasteiger partial charge in [-0.25, -0.2) is 9.59 Å². The molecule has 1 heterocycles. The van der Waals surface area contributed by atoms with Crippen LogP contribution in [0.3, 0.4) is 0 Å². The Morgan fingerprint density at radius 2 is 1.87 bits per heavy atom. The number of anilines is 1. The van der Waals surface area contributed by atoms with Gasteiger partial charge in [-0.15, -0.1) is 10.2 Å². The Balaban J connectivity index is 1.71. The van der Waals surface area contributed by atoms with Crippen LogP contribution in [0, 0.1) is 0 Å². The van der Waals surface area contributed by atoms with E-state index >= 15 is 0 Å². The number of nitrogens with one attached hydrogen (secondary N) is 2. The first kappa shape index (κ1) is 21.0. The predicted octanol–water partition coefficient (Wildman–Crippen LogP) is 3.81. The molecule has 0 radical (unpaired) electrons. The van der Waals surface area contributed by atoms with E-state index in [1.165, 1.54) is 6.39 Å². The third-order valence-corrected chi connectivity index (χ3v) is 4.01. The Morgan fingerprint density at radius 1 is 1.10 bits per heavy atom. The number of benzene rings is 2. The molecule has 2 N–H and O–H groups in total. The van der Waals surface area contributed by atoms with Crippen molar-refractivity contribution in [1.82, 2.24) is 15.5 Å². The van der Waals surface area contributed by atoms with Crippen LogP contribution >= 0.6 is 0 Å². The second-order valence-corrected chi connectivity index (χ2v) is 7.70. The van der Waals surface area contributed by atoms with Crippen LogP contribution in [0.2, 0.25) is 0 Å². The summed E-state index contributed by atoms with van der Waals surface area (Å²) in [5.41, 5.74) is 1.43. The van der Waals surface area contributed by atoms with Gasteiger partial charge in [-0.05, 0) is 44.5 Å². The van der Waals surface area contributed by atoms with E-state index < -0.39 is 23.6 Å². The molecule has 2 amide bonds. The molecule has 0 saturated carbocycles. The number of aromatic nitrogens is 2. The number of esters is 1. The molecule has 0 saturated heterocycles. The summed E-state index contributed by atoms with van der Waals surface area (Å²) >= 11 is 0. The third-order valence-electron chi connectivity index (χ3n) is 4.01. The number of amides is 2. The van der Waals surface area contributed by atoms with Crippen LogP contribution in [0.25, 0.3) is 11.5 Å². The van der Waals surface area contributed by atoms with Gasteiger partial charge in [-0.3, -0.25) is 0 Å². The smallest absolute Gasteiger partial charge is 0.329 e. The number of rotatable bonds is 6. The standard InChI is InChI=1S/C22H24N4O4/c1-22(2,3)30-20(27)18(12-15-8-5-4-6-9-15)25-21(28)24-17-11-7-10-16(13-17)19-26-23-14-29-19/h4-11,13-14,18H,12H2,1-3H3,(H2,24,25,28)/t18-/m1/s1. The van der Waals surface area contributed by atoms with Crippen molar-refractivity contribution in [1.29, 1.82) is 0 Å². The van der Waals surface area contributed by atoms with Gasteiger partial charge in [0.1, 0.15) is 11.6 Å². The lowest BCUT2D eigenvalue weighted by atomic mass is 10.1. The van der Waals surface area contributed by atoms with Gasteiger partial charge in [-0.2, -0.15) is 0 Å². The largest absolute Gasteiger partial charge is 0.458 e. The maximum atomic E-state index is 12.7. The third kappa shape index (κ3) is 6.16. The highest BCUT2D eigenvalue weighted by Gasteiger charge is 2.27.